The van der Waals surface area contributed by atoms with Crippen molar-refractivity contribution >= 4 is 33.4 Å². The molecule has 0 saturated carbocycles. The standard InChI is InChI=1S/C21H25FN4O4S/c1-24(2)31(29,30)26(17-11-9-16(22)10-12-17)15-20(27)23-19-8-4-3-7-18(19)21(28)25-13-5-6-14-25/h3-4,7-12H,5-6,13-15H2,1-2H3,(H,23,27). The Morgan fingerprint density at radius 2 is 1.65 bits per heavy atom. The second kappa shape index (κ2) is 9.44. The molecule has 8 nitrogen and oxygen atoms in total. The molecule has 0 aromatic heterocycles. The van der Waals surface area contributed by atoms with Crippen molar-refractivity contribution in [2.24, 2.45) is 0 Å². The lowest BCUT2D eigenvalue weighted by molar-refractivity contribution is -0.114. The molecule has 0 bridgehead atoms. The number of nitrogens with one attached hydrogen (secondary N) is 1. The molecule has 0 atom stereocenters. The van der Waals surface area contributed by atoms with Gasteiger partial charge in [0, 0.05) is 27.2 Å². The number of halogens is 1. The van der Waals surface area contributed by atoms with Crippen LogP contribution in [-0.2, 0) is 15.0 Å². The van der Waals surface area contributed by atoms with Crippen molar-refractivity contribution in [1.29, 1.82) is 0 Å². The van der Waals surface area contributed by atoms with Gasteiger partial charge in [-0.3, -0.25) is 9.59 Å². The van der Waals surface area contributed by atoms with Gasteiger partial charge in [-0.15, -0.1) is 0 Å². The number of nitrogens with zero attached hydrogens (tertiary/aromatic N) is 3. The molecule has 3 rings (SSSR count). The number of carbonyl (C=O) groups excluding carboxylic acids is 2. The average molecular weight is 449 g/mol. The van der Waals surface area contributed by atoms with Crippen molar-refractivity contribution in [1.82, 2.24) is 9.21 Å². The molecule has 0 aliphatic carbocycles. The van der Waals surface area contributed by atoms with Crippen LogP contribution in [0.15, 0.2) is 48.5 Å². The maximum Gasteiger partial charge on any atom is 0.304 e. The van der Waals surface area contributed by atoms with Crippen molar-refractivity contribution in [2.75, 3.05) is 43.4 Å². The molecule has 2 aromatic carbocycles. The van der Waals surface area contributed by atoms with Gasteiger partial charge in [-0.1, -0.05) is 12.1 Å². The van der Waals surface area contributed by atoms with Crippen molar-refractivity contribution in [3.63, 3.8) is 0 Å². The molecule has 1 heterocycles. The van der Waals surface area contributed by atoms with Gasteiger partial charge in [-0.2, -0.15) is 12.7 Å². The van der Waals surface area contributed by atoms with E-state index in [9.17, 15) is 22.4 Å². The van der Waals surface area contributed by atoms with E-state index in [0.29, 0.717) is 24.3 Å². The molecular formula is C21H25FN4O4S. The summed E-state index contributed by atoms with van der Waals surface area (Å²) in [5.74, 6) is -1.33. The minimum atomic E-state index is -4.02. The number of benzene rings is 2. The number of rotatable bonds is 7. The van der Waals surface area contributed by atoms with Crippen LogP contribution in [0.5, 0.6) is 0 Å². The van der Waals surface area contributed by atoms with E-state index in [-0.39, 0.29) is 11.6 Å². The number of hydrogen-bond donors (Lipinski definition) is 1. The molecule has 1 aliphatic heterocycles. The predicted octanol–water partition coefficient (Wildman–Crippen LogP) is 2.31. The molecule has 166 valence electrons. The predicted molar refractivity (Wildman–Crippen MR) is 117 cm³/mol. The molecule has 2 aromatic rings. The molecule has 1 saturated heterocycles. The molecule has 2 amide bonds. The zero-order valence-corrected chi connectivity index (χ0v) is 18.2. The van der Waals surface area contributed by atoms with Gasteiger partial charge in [-0.25, -0.2) is 8.70 Å². The van der Waals surface area contributed by atoms with Gasteiger partial charge < -0.3 is 10.2 Å². The summed E-state index contributed by atoms with van der Waals surface area (Å²) < 4.78 is 40.7. The monoisotopic (exact) mass is 448 g/mol. The summed E-state index contributed by atoms with van der Waals surface area (Å²) in [7, 11) is -1.34. The van der Waals surface area contributed by atoms with Gasteiger partial charge in [0.1, 0.15) is 12.4 Å². The van der Waals surface area contributed by atoms with Gasteiger partial charge in [0.05, 0.1) is 16.9 Å². The summed E-state index contributed by atoms with van der Waals surface area (Å²) in [6.45, 7) is 0.791. The minimum Gasteiger partial charge on any atom is -0.339 e. The lowest BCUT2D eigenvalue weighted by Gasteiger charge is -2.27. The quantitative estimate of drug-likeness (QED) is 0.704. The van der Waals surface area contributed by atoms with Crippen LogP contribution in [0, 0.1) is 5.82 Å². The van der Waals surface area contributed by atoms with Crippen LogP contribution >= 0.6 is 0 Å². The second-order valence-corrected chi connectivity index (χ2v) is 9.43. The first kappa shape index (κ1) is 22.7. The highest BCUT2D eigenvalue weighted by Gasteiger charge is 2.28. The van der Waals surface area contributed by atoms with Crippen molar-refractivity contribution < 1.29 is 22.4 Å². The fraction of sp³-hybridized carbons (Fsp3) is 0.333. The van der Waals surface area contributed by atoms with Crippen LogP contribution < -0.4 is 9.62 Å². The van der Waals surface area contributed by atoms with E-state index in [1.807, 2.05) is 0 Å². The number of carbonyl (C=O) groups is 2. The van der Waals surface area contributed by atoms with Crippen LogP contribution in [0.25, 0.3) is 0 Å². The highest BCUT2D eigenvalue weighted by atomic mass is 32.2. The summed E-state index contributed by atoms with van der Waals surface area (Å²) >= 11 is 0. The van der Waals surface area contributed by atoms with E-state index in [4.69, 9.17) is 0 Å². The summed E-state index contributed by atoms with van der Waals surface area (Å²) in [4.78, 5) is 27.3. The lowest BCUT2D eigenvalue weighted by atomic mass is 10.1. The Bertz CT molecular complexity index is 1050. The molecule has 0 unspecified atom stereocenters. The minimum absolute atomic E-state index is 0.145. The van der Waals surface area contributed by atoms with E-state index in [0.717, 1.165) is 33.6 Å². The van der Waals surface area contributed by atoms with E-state index >= 15 is 0 Å². The molecule has 1 N–H and O–H groups in total. The largest absolute Gasteiger partial charge is 0.339 e. The van der Waals surface area contributed by atoms with Crippen molar-refractivity contribution in [3.05, 3.63) is 59.9 Å². The molecule has 1 aliphatic rings. The van der Waals surface area contributed by atoms with E-state index in [1.54, 1.807) is 29.2 Å². The maximum absolute atomic E-state index is 13.3. The first-order chi connectivity index (χ1) is 14.7. The molecule has 0 radical (unpaired) electrons. The first-order valence-corrected chi connectivity index (χ1v) is 11.2. The van der Waals surface area contributed by atoms with Gasteiger partial charge in [-0.05, 0) is 49.2 Å². The molecule has 31 heavy (non-hydrogen) atoms. The molecule has 1 fully saturated rings. The number of amides is 2. The molecular weight excluding hydrogens is 423 g/mol. The normalized spacial score (nSPS) is 14.0. The Labute approximate surface area is 181 Å². The molecule has 0 spiro atoms. The van der Waals surface area contributed by atoms with Crippen LogP contribution in [0.1, 0.15) is 23.2 Å². The third kappa shape index (κ3) is 5.20. The Balaban J connectivity index is 1.83. The van der Waals surface area contributed by atoms with Crippen molar-refractivity contribution in [2.45, 2.75) is 12.8 Å². The number of likely N-dealkylation sites (tertiary alicyclic amines) is 1. The maximum atomic E-state index is 13.3. The van der Waals surface area contributed by atoms with Crippen LogP contribution in [0.2, 0.25) is 0 Å². The van der Waals surface area contributed by atoms with Gasteiger partial charge in [0.15, 0.2) is 0 Å². The topological polar surface area (TPSA) is 90.0 Å². The average Bonchev–Trinajstić information content (AvgIpc) is 3.27. The highest BCUT2D eigenvalue weighted by molar-refractivity contribution is 7.90. The van der Waals surface area contributed by atoms with E-state index in [2.05, 4.69) is 5.32 Å². The Morgan fingerprint density at radius 1 is 1.03 bits per heavy atom. The second-order valence-electron chi connectivity index (χ2n) is 7.37. The van der Waals surface area contributed by atoms with Crippen LogP contribution in [-0.4, -0.2) is 63.2 Å². The fourth-order valence-electron chi connectivity index (χ4n) is 3.30. The van der Waals surface area contributed by atoms with E-state index in [1.165, 1.54) is 26.2 Å². The highest BCUT2D eigenvalue weighted by Crippen LogP contribution is 2.22. The Kier molecular flexibility index (Phi) is 6.91. The number of hydrogen-bond acceptors (Lipinski definition) is 4. The van der Waals surface area contributed by atoms with Crippen LogP contribution in [0.4, 0.5) is 15.8 Å². The number of para-hydroxylation sites is 1. The molecule has 10 heteroatoms. The summed E-state index contributed by atoms with van der Waals surface area (Å²) in [5, 5.41) is 2.65. The lowest BCUT2D eigenvalue weighted by Crippen LogP contribution is -2.44. The Hall–Kier alpha value is -2.98. The Morgan fingerprint density at radius 3 is 2.26 bits per heavy atom. The zero-order valence-electron chi connectivity index (χ0n) is 17.4. The summed E-state index contributed by atoms with van der Waals surface area (Å²) in [6.07, 6.45) is 1.88. The first-order valence-electron chi connectivity index (χ1n) is 9.84. The fourth-order valence-corrected chi connectivity index (χ4v) is 4.36. The summed E-state index contributed by atoms with van der Waals surface area (Å²) in [6, 6.07) is 11.4. The van der Waals surface area contributed by atoms with Crippen LogP contribution in [0.3, 0.4) is 0 Å². The van der Waals surface area contributed by atoms with E-state index < -0.39 is 28.5 Å². The third-order valence-electron chi connectivity index (χ3n) is 4.97. The van der Waals surface area contributed by atoms with Crippen molar-refractivity contribution in [3.8, 4) is 0 Å². The number of anilines is 2. The summed E-state index contributed by atoms with van der Waals surface area (Å²) in [5.41, 5.74) is 0.805. The van der Waals surface area contributed by atoms with Gasteiger partial charge in [0.2, 0.25) is 5.91 Å². The zero-order chi connectivity index (χ0) is 22.6. The third-order valence-corrected chi connectivity index (χ3v) is 6.79. The smallest absolute Gasteiger partial charge is 0.304 e. The SMILES string of the molecule is CN(C)S(=O)(=O)N(CC(=O)Nc1ccccc1C(=O)N1CCCC1)c1ccc(F)cc1. The van der Waals surface area contributed by atoms with Gasteiger partial charge >= 0.3 is 10.2 Å². The van der Waals surface area contributed by atoms with Gasteiger partial charge in [0.25, 0.3) is 5.91 Å².